The minimum atomic E-state index is -0.347. The predicted octanol–water partition coefficient (Wildman–Crippen LogP) is 3.17. The zero-order chi connectivity index (χ0) is 14.8. The molecular formula is C17H14FN3. The van der Waals surface area contributed by atoms with Gasteiger partial charge in [0.2, 0.25) is 0 Å². The highest BCUT2D eigenvalue weighted by atomic mass is 19.1. The van der Waals surface area contributed by atoms with E-state index < -0.39 is 0 Å². The molecule has 0 spiro atoms. The first-order valence-corrected chi connectivity index (χ1v) is 6.55. The highest BCUT2D eigenvalue weighted by molar-refractivity contribution is 5.77. The van der Waals surface area contributed by atoms with Crippen LogP contribution in [0.25, 0.3) is 11.0 Å². The second kappa shape index (κ2) is 5.29. The van der Waals surface area contributed by atoms with Gasteiger partial charge in [0, 0.05) is 30.7 Å². The summed E-state index contributed by atoms with van der Waals surface area (Å²) in [6, 6.07) is 11.2. The maximum atomic E-state index is 13.1. The molecule has 0 amide bonds. The molecular weight excluding hydrogens is 265 g/mol. The number of hydrogen-bond donors (Lipinski definition) is 1. The number of aromatic amines is 1. The summed E-state index contributed by atoms with van der Waals surface area (Å²) in [6.45, 7) is 0. The van der Waals surface area contributed by atoms with Crippen molar-refractivity contribution in [2.75, 3.05) is 19.0 Å². The molecule has 2 aromatic heterocycles. The van der Waals surface area contributed by atoms with Gasteiger partial charge >= 0.3 is 0 Å². The van der Waals surface area contributed by atoms with E-state index in [9.17, 15) is 4.39 Å². The number of nitrogens with zero attached hydrogens (tertiary/aromatic N) is 2. The van der Waals surface area contributed by atoms with Crippen LogP contribution in [0.4, 0.5) is 10.1 Å². The number of hydrogen-bond acceptors (Lipinski definition) is 2. The molecule has 0 unspecified atom stereocenters. The van der Waals surface area contributed by atoms with Gasteiger partial charge in [0.25, 0.3) is 0 Å². The first-order valence-electron chi connectivity index (χ1n) is 6.55. The smallest absolute Gasteiger partial charge is 0.142 e. The molecule has 0 fully saturated rings. The van der Waals surface area contributed by atoms with Gasteiger partial charge in [0.1, 0.15) is 11.5 Å². The number of fused-ring (bicyclic) bond motifs is 1. The Hall–Kier alpha value is -2.80. The summed E-state index contributed by atoms with van der Waals surface area (Å²) in [5.41, 5.74) is 3.42. The monoisotopic (exact) mass is 279 g/mol. The Morgan fingerprint density at radius 3 is 2.57 bits per heavy atom. The van der Waals surface area contributed by atoms with Crippen LogP contribution in [0.1, 0.15) is 11.3 Å². The van der Waals surface area contributed by atoms with Gasteiger partial charge in [-0.1, -0.05) is 5.92 Å². The zero-order valence-corrected chi connectivity index (χ0v) is 11.8. The summed E-state index contributed by atoms with van der Waals surface area (Å²) >= 11 is 0. The van der Waals surface area contributed by atoms with Crippen LogP contribution in [-0.4, -0.2) is 24.1 Å². The summed E-state index contributed by atoms with van der Waals surface area (Å²) in [5.74, 6) is 5.77. The van der Waals surface area contributed by atoms with Crippen molar-refractivity contribution in [3.8, 4) is 11.8 Å². The Morgan fingerprint density at radius 1 is 1.10 bits per heavy atom. The van der Waals surface area contributed by atoms with E-state index >= 15 is 0 Å². The topological polar surface area (TPSA) is 31.9 Å². The van der Waals surface area contributed by atoms with Crippen molar-refractivity contribution in [3.63, 3.8) is 0 Å². The van der Waals surface area contributed by atoms with Gasteiger partial charge in [-0.3, -0.25) is 0 Å². The molecule has 3 nitrogen and oxygen atoms in total. The summed E-state index contributed by atoms with van der Waals surface area (Å²) < 4.78 is 13.1. The van der Waals surface area contributed by atoms with Gasteiger partial charge in [-0.05, 0) is 42.3 Å². The fraction of sp³-hybridized carbons (Fsp3) is 0.118. The van der Waals surface area contributed by atoms with E-state index in [1.165, 1.54) is 12.3 Å². The van der Waals surface area contributed by atoms with Crippen molar-refractivity contribution >= 4 is 16.7 Å². The lowest BCUT2D eigenvalue weighted by molar-refractivity contribution is 0.624. The van der Waals surface area contributed by atoms with E-state index in [4.69, 9.17) is 0 Å². The van der Waals surface area contributed by atoms with Crippen LogP contribution >= 0.6 is 0 Å². The first kappa shape index (κ1) is 13.2. The minimum absolute atomic E-state index is 0.347. The third-order valence-electron chi connectivity index (χ3n) is 3.16. The van der Waals surface area contributed by atoms with E-state index in [-0.39, 0.29) is 5.82 Å². The summed E-state index contributed by atoms with van der Waals surface area (Å²) in [6.07, 6.45) is 1.19. The van der Waals surface area contributed by atoms with Gasteiger partial charge in [-0.25, -0.2) is 9.37 Å². The standard InChI is InChI=1S/C17H14FN3/c1-21(2)16-7-4-12(5-8-16)3-6-15-10-13-9-14(18)11-19-17(13)20-15/h4-5,7-11H,1-2H3,(H,19,20). The Bertz CT molecular complexity index is 836. The highest BCUT2D eigenvalue weighted by Crippen LogP contribution is 2.14. The number of pyridine rings is 1. The molecule has 0 aliphatic carbocycles. The Labute approximate surface area is 122 Å². The van der Waals surface area contributed by atoms with Gasteiger partial charge in [-0.15, -0.1) is 0 Å². The quantitative estimate of drug-likeness (QED) is 0.694. The van der Waals surface area contributed by atoms with E-state index in [0.29, 0.717) is 5.65 Å². The average Bonchev–Trinajstić information content (AvgIpc) is 2.87. The number of halogens is 1. The largest absolute Gasteiger partial charge is 0.378 e. The molecule has 2 heterocycles. The maximum Gasteiger partial charge on any atom is 0.142 e. The van der Waals surface area contributed by atoms with Crippen molar-refractivity contribution < 1.29 is 4.39 Å². The SMILES string of the molecule is CN(C)c1ccc(C#Cc2cc3cc(F)cnc3[nH]2)cc1. The molecule has 3 rings (SSSR count). The average molecular weight is 279 g/mol. The van der Waals surface area contributed by atoms with E-state index in [1.807, 2.05) is 43.3 Å². The van der Waals surface area contributed by atoms with Gasteiger partial charge in [0.15, 0.2) is 0 Å². The molecule has 0 atom stereocenters. The van der Waals surface area contributed by atoms with E-state index in [0.717, 1.165) is 22.3 Å². The third kappa shape index (κ3) is 2.87. The maximum absolute atomic E-state index is 13.1. The van der Waals surface area contributed by atoms with Crippen LogP contribution in [0.15, 0.2) is 42.6 Å². The van der Waals surface area contributed by atoms with Crippen LogP contribution in [0.5, 0.6) is 0 Å². The van der Waals surface area contributed by atoms with Crippen molar-refractivity contribution in [1.82, 2.24) is 9.97 Å². The second-order valence-electron chi connectivity index (χ2n) is 4.97. The van der Waals surface area contributed by atoms with Crippen LogP contribution in [-0.2, 0) is 0 Å². The Morgan fingerprint density at radius 2 is 1.86 bits per heavy atom. The number of benzene rings is 1. The van der Waals surface area contributed by atoms with E-state index in [1.54, 1.807) is 6.07 Å². The lowest BCUT2D eigenvalue weighted by Gasteiger charge is -2.11. The van der Waals surface area contributed by atoms with Crippen LogP contribution < -0.4 is 4.90 Å². The second-order valence-corrected chi connectivity index (χ2v) is 4.97. The number of anilines is 1. The molecule has 0 aliphatic heterocycles. The molecule has 0 saturated heterocycles. The molecule has 0 saturated carbocycles. The number of nitrogens with one attached hydrogen (secondary N) is 1. The third-order valence-corrected chi connectivity index (χ3v) is 3.16. The molecule has 1 N–H and O–H groups in total. The Balaban J connectivity index is 1.88. The summed E-state index contributed by atoms with van der Waals surface area (Å²) in [5, 5.41) is 0.724. The van der Waals surface area contributed by atoms with Crippen molar-refractivity contribution in [3.05, 3.63) is 59.7 Å². The molecule has 0 aliphatic rings. The Kier molecular flexibility index (Phi) is 3.33. The zero-order valence-electron chi connectivity index (χ0n) is 11.8. The number of H-pyrrole nitrogens is 1. The van der Waals surface area contributed by atoms with Crippen LogP contribution in [0, 0.1) is 17.7 Å². The normalized spacial score (nSPS) is 10.2. The van der Waals surface area contributed by atoms with Crippen molar-refractivity contribution in [2.45, 2.75) is 0 Å². The molecule has 3 aromatic rings. The minimum Gasteiger partial charge on any atom is -0.378 e. The van der Waals surface area contributed by atoms with Crippen LogP contribution in [0.3, 0.4) is 0 Å². The summed E-state index contributed by atoms with van der Waals surface area (Å²) in [7, 11) is 3.99. The fourth-order valence-electron chi connectivity index (χ4n) is 2.04. The van der Waals surface area contributed by atoms with Gasteiger partial charge in [0.05, 0.1) is 11.9 Å². The van der Waals surface area contributed by atoms with Gasteiger partial charge < -0.3 is 9.88 Å². The first-order chi connectivity index (χ1) is 10.1. The van der Waals surface area contributed by atoms with Crippen molar-refractivity contribution in [1.29, 1.82) is 0 Å². The lowest BCUT2D eigenvalue weighted by Crippen LogP contribution is -2.07. The number of rotatable bonds is 1. The molecule has 104 valence electrons. The number of aromatic nitrogens is 2. The molecule has 0 radical (unpaired) electrons. The van der Waals surface area contributed by atoms with Crippen molar-refractivity contribution in [2.24, 2.45) is 0 Å². The molecule has 0 bridgehead atoms. The van der Waals surface area contributed by atoms with Crippen LogP contribution in [0.2, 0.25) is 0 Å². The predicted molar refractivity (Wildman–Crippen MR) is 82.8 cm³/mol. The molecule has 21 heavy (non-hydrogen) atoms. The highest BCUT2D eigenvalue weighted by Gasteiger charge is 2.01. The van der Waals surface area contributed by atoms with E-state index in [2.05, 4.69) is 21.8 Å². The molecule has 4 heteroatoms. The summed E-state index contributed by atoms with van der Waals surface area (Å²) in [4.78, 5) is 9.08. The van der Waals surface area contributed by atoms with Gasteiger partial charge in [-0.2, -0.15) is 0 Å². The fourth-order valence-corrected chi connectivity index (χ4v) is 2.04. The molecule has 1 aromatic carbocycles. The lowest BCUT2D eigenvalue weighted by atomic mass is 10.2.